The number of nitrogens with one attached hydrogen (secondary N) is 2. The summed E-state index contributed by atoms with van der Waals surface area (Å²) in [4.78, 5) is 12.2. The van der Waals surface area contributed by atoms with E-state index in [-0.39, 0.29) is 23.8 Å². The molecule has 24 heavy (non-hydrogen) atoms. The van der Waals surface area contributed by atoms with Crippen molar-refractivity contribution in [3.8, 4) is 0 Å². The molecule has 1 spiro atoms. The molecule has 0 radical (unpaired) electrons. The molecular formula is C19H28N2O3. The van der Waals surface area contributed by atoms with E-state index < -0.39 is 0 Å². The van der Waals surface area contributed by atoms with Gasteiger partial charge in [-0.15, -0.1) is 0 Å². The zero-order valence-corrected chi connectivity index (χ0v) is 14.4. The van der Waals surface area contributed by atoms with Gasteiger partial charge in [-0.3, -0.25) is 0 Å². The van der Waals surface area contributed by atoms with E-state index in [1.807, 2.05) is 30.3 Å². The van der Waals surface area contributed by atoms with Crippen molar-refractivity contribution >= 4 is 6.03 Å². The quantitative estimate of drug-likeness (QED) is 0.871. The minimum absolute atomic E-state index is 0.0231. The summed E-state index contributed by atoms with van der Waals surface area (Å²) >= 11 is 0. The van der Waals surface area contributed by atoms with Gasteiger partial charge in [0.15, 0.2) is 0 Å². The van der Waals surface area contributed by atoms with Crippen molar-refractivity contribution in [2.24, 2.45) is 0 Å². The summed E-state index contributed by atoms with van der Waals surface area (Å²) < 4.78 is 11.5. The average Bonchev–Trinajstić information content (AvgIpc) is 3.04. The van der Waals surface area contributed by atoms with Crippen LogP contribution in [0.2, 0.25) is 0 Å². The number of urea groups is 1. The van der Waals surface area contributed by atoms with E-state index in [2.05, 4.69) is 10.6 Å². The molecule has 2 amide bonds. The highest BCUT2D eigenvalue weighted by Crippen LogP contribution is 2.39. The lowest BCUT2D eigenvalue weighted by Gasteiger charge is -2.38. The van der Waals surface area contributed by atoms with Gasteiger partial charge in [0, 0.05) is 26.3 Å². The Hall–Kier alpha value is -1.59. The number of ether oxygens (including phenoxy) is 2. The first kappa shape index (κ1) is 17.2. The van der Waals surface area contributed by atoms with Crippen LogP contribution in [0.1, 0.15) is 50.2 Å². The normalized spacial score (nSPS) is 23.8. The van der Waals surface area contributed by atoms with Gasteiger partial charge >= 0.3 is 6.03 Å². The molecule has 2 fully saturated rings. The molecule has 3 rings (SSSR count). The lowest BCUT2D eigenvalue weighted by molar-refractivity contribution is -0.0820. The van der Waals surface area contributed by atoms with Crippen LogP contribution in [-0.2, 0) is 9.47 Å². The van der Waals surface area contributed by atoms with Crippen LogP contribution in [0.15, 0.2) is 30.3 Å². The maximum atomic E-state index is 12.2. The monoisotopic (exact) mass is 332 g/mol. The van der Waals surface area contributed by atoms with Gasteiger partial charge < -0.3 is 20.1 Å². The Morgan fingerprint density at radius 3 is 2.79 bits per heavy atom. The molecule has 5 heteroatoms. The molecular weight excluding hydrogens is 304 g/mol. The summed E-state index contributed by atoms with van der Waals surface area (Å²) in [5.74, 6) is 0. The van der Waals surface area contributed by atoms with Crippen molar-refractivity contribution in [2.75, 3.05) is 20.3 Å². The van der Waals surface area contributed by atoms with E-state index >= 15 is 0 Å². The second kappa shape index (κ2) is 7.99. The number of methoxy groups -OCH3 is 1. The average molecular weight is 332 g/mol. The number of hydrogen-bond acceptors (Lipinski definition) is 3. The lowest BCUT2D eigenvalue weighted by Crippen LogP contribution is -2.50. The maximum Gasteiger partial charge on any atom is 0.315 e. The highest BCUT2D eigenvalue weighted by atomic mass is 16.5. The van der Waals surface area contributed by atoms with Crippen LogP contribution in [0.3, 0.4) is 0 Å². The molecule has 2 atom stereocenters. The maximum absolute atomic E-state index is 12.2. The summed E-state index contributed by atoms with van der Waals surface area (Å²) in [6.07, 6.45) is 6.44. The van der Waals surface area contributed by atoms with Gasteiger partial charge in [0.25, 0.3) is 0 Å². The zero-order valence-electron chi connectivity index (χ0n) is 14.4. The Morgan fingerprint density at radius 2 is 2.08 bits per heavy atom. The van der Waals surface area contributed by atoms with Crippen LogP contribution in [0.25, 0.3) is 0 Å². The van der Waals surface area contributed by atoms with Crippen molar-refractivity contribution in [2.45, 2.75) is 56.3 Å². The first-order valence-electron chi connectivity index (χ1n) is 8.97. The minimum Gasteiger partial charge on any atom is -0.375 e. The number of hydrogen-bond donors (Lipinski definition) is 2. The Balaban J connectivity index is 1.47. The number of carbonyl (C=O) groups excluding carboxylic acids is 1. The van der Waals surface area contributed by atoms with Crippen LogP contribution >= 0.6 is 0 Å². The van der Waals surface area contributed by atoms with E-state index in [9.17, 15) is 4.79 Å². The van der Waals surface area contributed by atoms with E-state index in [1.165, 1.54) is 12.8 Å². The third kappa shape index (κ3) is 4.28. The molecule has 1 aromatic rings. The van der Waals surface area contributed by atoms with Crippen molar-refractivity contribution in [1.29, 1.82) is 0 Å². The van der Waals surface area contributed by atoms with Gasteiger partial charge in [-0.1, -0.05) is 43.2 Å². The van der Waals surface area contributed by atoms with Crippen LogP contribution < -0.4 is 10.6 Å². The van der Waals surface area contributed by atoms with Gasteiger partial charge in [0.1, 0.15) is 0 Å². The topological polar surface area (TPSA) is 59.6 Å². The van der Waals surface area contributed by atoms with Crippen LogP contribution in [0, 0.1) is 0 Å². The lowest BCUT2D eigenvalue weighted by atomic mass is 9.89. The molecule has 1 saturated heterocycles. The van der Waals surface area contributed by atoms with Crippen molar-refractivity contribution in [3.63, 3.8) is 0 Å². The molecule has 2 aliphatic rings. The molecule has 1 saturated carbocycles. The van der Waals surface area contributed by atoms with E-state index in [0.717, 1.165) is 37.9 Å². The van der Waals surface area contributed by atoms with Gasteiger partial charge in [0.05, 0.1) is 11.7 Å². The fourth-order valence-electron chi connectivity index (χ4n) is 3.95. The first-order chi connectivity index (χ1) is 11.7. The smallest absolute Gasteiger partial charge is 0.315 e. The van der Waals surface area contributed by atoms with Gasteiger partial charge in [0.2, 0.25) is 0 Å². The molecule has 2 N–H and O–H groups in total. The summed E-state index contributed by atoms with van der Waals surface area (Å²) in [5, 5.41) is 6.06. The van der Waals surface area contributed by atoms with E-state index in [4.69, 9.17) is 9.47 Å². The van der Waals surface area contributed by atoms with Gasteiger partial charge in [-0.05, 0) is 31.2 Å². The number of carbonyl (C=O) groups is 1. The summed E-state index contributed by atoms with van der Waals surface area (Å²) in [5.41, 5.74) is 1.09. The summed E-state index contributed by atoms with van der Waals surface area (Å²) in [7, 11) is 1.67. The Labute approximate surface area is 144 Å². The summed E-state index contributed by atoms with van der Waals surface area (Å²) in [6, 6.07) is 10.0. The largest absolute Gasteiger partial charge is 0.375 e. The Morgan fingerprint density at radius 1 is 1.33 bits per heavy atom. The number of rotatable bonds is 5. The van der Waals surface area contributed by atoms with E-state index in [0.29, 0.717) is 6.54 Å². The molecule has 1 aliphatic heterocycles. The van der Waals surface area contributed by atoms with Crippen molar-refractivity contribution < 1.29 is 14.3 Å². The fraction of sp³-hybridized carbons (Fsp3) is 0.632. The molecule has 0 aromatic heterocycles. The highest BCUT2D eigenvalue weighted by molar-refractivity contribution is 5.74. The highest BCUT2D eigenvalue weighted by Gasteiger charge is 2.40. The molecule has 132 valence electrons. The second-order valence-electron chi connectivity index (χ2n) is 6.92. The second-order valence-corrected chi connectivity index (χ2v) is 6.92. The predicted octanol–water partition coefficient (Wildman–Crippen LogP) is 3.17. The van der Waals surface area contributed by atoms with Crippen LogP contribution in [-0.4, -0.2) is 37.9 Å². The SMILES string of the molecule is CO[C@H](CNC(=O)N[C@H]1CCOC2(CCCC2)C1)c1ccccc1. The fourth-order valence-corrected chi connectivity index (χ4v) is 3.95. The molecule has 1 aliphatic carbocycles. The molecule has 1 heterocycles. The number of amides is 2. The van der Waals surface area contributed by atoms with Crippen LogP contribution in [0.4, 0.5) is 4.79 Å². The van der Waals surface area contributed by atoms with E-state index in [1.54, 1.807) is 7.11 Å². The van der Waals surface area contributed by atoms with Crippen molar-refractivity contribution in [3.05, 3.63) is 35.9 Å². The summed E-state index contributed by atoms with van der Waals surface area (Å²) in [6.45, 7) is 1.20. The number of benzene rings is 1. The van der Waals surface area contributed by atoms with Crippen molar-refractivity contribution in [1.82, 2.24) is 10.6 Å². The molecule has 0 unspecified atom stereocenters. The standard InChI is InChI=1S/C19H28N2O3/c1-23-17(15-7-3-2-4-8-15)14-20-18(22)21-16-9-12-24-19(13-16)10-5-6-11-19/h2-4,7-8,16-17H,5-6,9-14H2,1H3,(H2,20,21,22)/t16-,17+/m0/s1. The third-order valence-electron chi connectivity index (χ3n) is 5.25. The predicted molar refractivity (Wildman–Crippen MR) is 92.9 cm³/mol. The Bertz CT molecular complexity index is 529. The molecule has 0 bridgehead atoms. The van der Waals surface area contributed by atoms with Gasteiger partial charge in [-0.2, -0.15) is 0 Å². The minimum atomic E-state index is -0.132. The Kier molecular flexibility index (Phi) is 5.74. The first-order valence-corrected chi connectivity index (χ1v) is 8.97. The molecule has 5 nitrogen and oxygen atoms in total. The van der Waals surface area contributed by atoms with Gasteiger partial charge in [-0.25, -0.2) is 4.79 Å². The van der Waals surface area contributed by atoms with Crippen LogP contribution in [0.5, 0.6) is 0 Å². The molecule has 1 aromatic carbocycles. The third-order valence-corrected chi connectivity index (χ3v) is 5.25. The zero-order chi connectivity index (χ0) is 16.8.